The van der Waals surface area contributed by atoms with Crippen LogP contribution in [0.2, 0.25) is 0 Å². The van der Waals surface area contributed by atoms with Crippen LogP contribution in [0.25, 0.3) is 0 Å². The van der Waals surface area contributed by atoms with Crippen molar-refractivity contribution in [1.29, 1.82) is 0 Å². The van der Waals surface area contributed by atoms with Crippen molar-refractivity contribution in [3.8, 4) is 0 Å². The number of rotatable bonds is 8. The molecule has 0 aromatic heterocycles. The van der Waals surface area contributed by atoms with Gasteiger partial charge in [0.15, 0.2) is 5.82 Å². The van der Waals surface area contributed by atoms with Crippen molar-refractivity contribution in [2.45, 2.75) is 38.1 Å². The minimum Gasteiger partial charge on any atom is -0.313 e. The quantitative estimate of drug-likeness (QED) is 0.724. The van der Waals surface area contributed by atoms with E-state index in [-0.39, 0.29) is 18.7 Å². The van der Waals surface area contributed by atoms with E-state index in [0.29, 0.717) is 13.0 Å². The summed E-state index contributed by atoms with van der Waals surface area (Å²) in [6, 6.07) is 1.93. The topological polar surface area (TPSA) is 58.2 Å². The summed E-state index contributed by atoms with van der Waals surface area (Å²) >= 11 is 0. The zero-order valence-corrected chi connectivity index (χ0v) is 12.5. The highest BCUT2D eigenvalue weighted by molar-refractivity contribution is 7.89. The van der Waals surface area contributed by atoms with Crippen LogP contribution >= 0.6 is 0 Å². The van der Waals surface area contributed by atoms with Gasteiger partial charge in [0, 0.05) is 18.7 Å². The van der Waals surface area contributed by atoms with Gasteiger partial charge < -0.3 is 5.32 Å². The number of halogens is 2. The maximum absolute atomic E-state index is 14.2. The largest absolute Gasteiger partial charge is 0.313 e. The number of benzene rings is 1. The fraction of sp³-hybridized carbons (Fsp3) is 0.538. The van der Waals surface area contributed by atoms with Gasteiger partial charge >= 0.3 is 0 Å². The Morgan fingerprint density at radius 3 is 2.50 bits per heavy atom. The molecule has 0 saturated carbocycles. The third kappa shape index (κ3) is 4.22. The van der Waals surface area contributed by atoms with E-state index in [0.717, 1.165) is 18.6 Å². The zero-order chi connectivity index (χ0) is 15.2. The highest BCUT2D eigenvalue weighted by atomic mass is 32.2. The average molecular weight is 306 g/mol. The van der Waals surface area contributed by atoms with E-state index in [9.17, 15) is 17.2 Å². The summed E-state index contributed by atoms with van der Waals surface area (Å²) in [5.74, 6) is -1.79. The fourth-order valence-electron chi connectivity index (χ4n) is 1.66. The van der Waals surface area contributed by atoms with Gasteiger partial charge in [-0.05, 0) is 25.1 Å². The van der Waals surface area contributed by atoms with Crippen molar-refractivity contribution in [3.63, 3.8) is 0 Å². The van der Waals surface area contributed by atoms with Crippen molar-refractivity contribution in [3.05, 3.63) is 29.3 Å². The first-order chi connectivity index (χ1) is 9.44. The summed E-state index contributed by atoms with van der Waals surface area (Å²) in [5, 5.41) is 2.78. The van der Waals surface area contributed by atoms with Crippen molar-refractivity contribution < 1.29 is 17.2 Å². The number of nitrogens with one attached hydrogen (secondary N) is 2. The zero-order valence-electron chi connectivity index (χ0n) is 11.7. The summed E-state index contributed by atoms with van der Waals surface area (Å²) < 4.78 is 54.0. The number of unbranched alkanes of at least 4 members (excludes halogenated alkanes) is 1. The Labute approximate surface area is 118 Å². The van der Waals surface area contributed by atoms with E-state index in [2.05, 4.69) is 10.0 Å². The van der Waals surface area contributed by atoms with Crippen LogP contribution < -0.4 is 10.0 Å². The van der Waals surface area contributed by atoms with Crippen LogP contribution in [-0.4, -0.2) is 21.5 Å². The fourth-order valence-corrected chi connectivity index (χ4v) is 2.83. The Bertz CT molecular complexity index is 548. The molecule has 0 amide bonds. The first-order valence-corrected chi connectivity index (χ1v) is 8.09. The van der Waals surface area contributed by atoms with Gasteiger partial charge in [-0.3, -0.25) is 0 Å². The lowest BCUT2D eigenvalue weighted by molar-refractivity contribution is 0.513. The summed E-state index contributed by atoms with van der Waals surface area (Å²) in [4.78, 5) is -0.511. The van der Waals surface area contributed by atoms with Gasteiger partial charge in [0.05, 0.1) is 0 Å². The lowest BCUT2D eigenvalue weighted by Gasteiger charge is -2.11. The Kier molecular flexibility index (Phi) is 6.51. The van der Waals surface area contributed by atoms with Gasteiger partial charge in [0.25, 0.3) is 0 Å². The van der Waals surface area contributed by atoms with Gasteiger partial charge in [-0.15, -0.1) is 0 Å². The predicted molar refractivity (Wildman–Crippen MR) is 73.8 cm³/mol. The van der Waals surface area contributed by atoms with E-state index in [1.807, 2.05) is 6.92 Å². The Hall–Kier alpha value is -1.05. The Morgan fingerprint density at radius 1 is 1.20 bits per heavy atom. The molecule has 4 nitrogen and oxygen atoms in total. The minimum absolute atomic E-state index is 0.0491. The van der Waals surface area contributed by atoms with Crippen LogP contribution in [-0.2, 0) is 16.6 Å². The van der Waals surface area contributed by atoms with E-state index in [1.165, 1.54) is 0 Å². The molecule has 1 rings (SSSR count). The smallest absolute Gasteiger partial charge is 0.243 e. The van der Waals surface area contributed by atoms with Gasteiger partial charge in [0.2, 0.25) is 10.0 Å². The average Bonchev–Trinajstić information content (AvgIpc) is 2.38. The lowest BCUT2D eigenvalue weighted by Crippen LogP contribution is -2.26. The molecule has 0 heterocycles. The highest BCUT2D eigenvalue weighted by Gasteiger charge is 2.22. The molecule has 0 unspecified atom stereocenters. The third-order valence-electron chi connectivity index (χ3n) is 2.81. The molecule has 0 aliphatic carbocycles. The summed E-state index contributed by atoms with van der Waals surface area (Å²) in [6.45, 7) is 4.43. The normalized spacial score (nSPS) is 11.8. The molecule has 0 saturated heterocycles. The molecule has 20 heavy (non-hydrogen) atoms. The molecule has 0 fully saturated rings. The molecule has 0 radical (unpaired) electrons. The molecule has 0 bridgehead atoms. The Morgan fingerprint density at radius 2 is 1.90 bits per heavy atom. The first kappa shape index (κ1) is 17.0. The molecule has 114 valence electrons. The van der Waals surface area contributed by atoms with Crippen molar-refractivity contribution in [2.24, 2.45) is 0 Å². The predicted octanol–water partition coefficient (Wildman–Crippen LogP) is 2.15. The molecule has 2 N–H and O–H groups in total. The van der Waals surface area contributed by atoms with Crippen molar-refractivity contribution in [2.75, 3.05) is 13.1 Å². The number of sulfonamides is 1. The number of hydrogen-bond acceptors (Lipinski definition) is 3. The maximum atomic E-state index is 14.2. The molecule has 7 heteroatoms. The molecular formula is C13H20F2N2O2S. The van der Waals surface area contributed by atoms with Crippen molar-refractivity contribution in [1.82, 2.24) is 10.0 Å². The Balaban J connectivity index is 3.06. The second kappa shape index (κ2) is 7.66. The first-order valence-electron chi connectivity index (χ1n) is 6.61. The molecule has 0 aliphatic heterocycles. The van der Waals surface area contributed by atoms with Gasteiger partial charge in [0.1, 0.15) is 10.7 Å². The third-order valence-corrected chi connectivity index (χ3v) is 4.29. The molecular weight excluding hydrogens is 286 g/mol. The summed E-state index contributed by atoms with van der Waals surface area (Å²) in [7, 11) is -3.95. The summed E-state index contributed by atoms with van der Waals surface area (Å²) in [5.41, 5.74) is -0.259. The standard InChI is InChI=1S/C13H20F2N2O2S/c1-3-5-8-17-20(18,19)12-7-6-11(14)10(13(12)15)9-16-4-2/h6-7,16-17H,3-5,8-9H2,1-2H3. The van der Waals surface area contributed by atoms with E-state index < -0.39 is 26.6 Å². The van der Waals surface area contributed by atoms with Crippen LogP contribution in [0, 0.1) is 11.6 Å². The van der Waals surface area contributed by atoms with E-state index in [4.69, 9.17) is 0 Å². The molecule has 1 aromatic carbocycles. The second-order valence-electron chi connectivity index (χ2n) is 4.37. The summed E-state index contributed by atoms with van der Waals surface area (Å²) in [6.07, 6.45) is 1.48. The monoisotopic (exact) mass is 306 g/mol. The molecule has 1 aromatic rings. The van der Waals surface area contributed by atoms with Gasteiger partial charge in [-0.2, -0.15) is 0 Å². The SMILES string of the molecule is CCCCNS(=O)(=O)c1ccc(F)c(CNCC)c1F. The molecule has 0 spiro atoms. The van der Waals surface area contributed by atoms with Crippen LogP contribution in [0.3, 0.4) is 0 Å². The number of hydrogen-bond donors (Lipinski definition) is 2. The minimum atomic E-state index is -3.95. The van der Waals surface area contributed by atoms with Gasteiger partial charge in [-0.25, -0.2) is 21.9 Å². The van der Waals surface area contributed by atoms with Crippen LogP contribution in [0.5, 0.6) is 0 Å². The van der Waals surface area contributed by atoms with Crippen LogP contribution in [0.4, 0.5) is 8.78 Å². The maximum Gasteiger partial charge on any atom is 0.243 e. The van der Waals surface area contributed by atoms with Gasteiger partial charge in [-0.1, -0.05) is 20.3 Å². The van der Waals surface area contributed by atoms with Crippen LogP contribution in [0.15, 0.2) is 17.0 Å². The van der Waals surface area contributed by atoms with Crippen LogP contribution in [0.1, 0.15) is 32.3 Å². The second-order valence-corrected chi connectivity index (χ2v) is 6.11. The highest BCUT2D eigenvalue weighted by Crippen LogP contribution is 2.21. The van der Waals surface area contributed by atoms with Crippen molar-refractivity contribution >= 4 is 10.0 Å². The lowest BCUT2D eigenvalue weighted by atomic mass is 10.2. The van der Waals surface area contributed by atoms with E-state index in [1.54, 1.807) is 6.92 Å². The molecule has 0 aliphatic rings. The van der Waals surface area contributed by atoms with E-state index >= 15 is 0 Å². The molecule has 0 atom stereocenters.